The average Bonchev–Trinajstić information content (AvgIpc) is 0.790. The zero-order valence-corrected chi connectivity index (χ0v) is 77.5. The number of benzene rings is 4. The third-order valence-corrected chi connectivity index (χ3v) is 24.0. The van der Waals surface area contributed by atoms with E-state index in [2.05, 4.69) is 30.6 Å². The molecule has 42 heteroatoms. The highest BCUT2D eigenvalue weighted by Gasteiger charge is 2.46. The van der Waals surface area contributed by atoms with Crippen LogP contribution in [0.3, 0.4) is 0 Å². The van der Waals surface area contributed by atoms with Gasteiger partial charge in [0, 0.05) is 126 Å². The van der Waals surface area contributed by atoms with Crippen LogP contribution in [0.1, 0.15) is 149 Å². The van der Waals surface area contributed by atoms with Gasteiger partial charge in [-0.1, -0.05) is 95.5 Å². The fourth-order valence-corrected chi connectivity index (χ4v) is 17.2. The lowest BCUT2D eigenvalue weighted by atomic mass is 9.96. The van der Waals surface area contributed by atoms with Gasteiger partial charge in [0.05, 0.1) is 30.2 Å². The molecule has 728 valence electrons. The first kappa shape index (κ1) is 104. The maximum absolute atomic E-state index is 14.9. The molecule has 12 atom stereocenters. The molecule has 30 nitrogen and oxygen atoms in total. The predicted octanol–water partition coefficient (Wildman–Crippen LogP) is 14.9. The van der Waals surface area contributed by atoms with Gasteiger partial charge in [-0.05, 0) is 173 Å². The first-order valence-corrected chi connectivity index (χ1v) is 45.7. The second-order valence-corrected chi connectivity index (χ2v) is 36.9. The van der Waals surface area contributed by atoms with Crippen LogP contribution >= 0.6 is 34.8 Å². The number of carbonyl (C=O) groups excluding carboxylic acids is 8. The third kappa shape index (κ3) is 30.9. The number of nitrogens with one attached hydrogen (secondary N) is 2. The van der Waals surface area contributed by atoms with E-state index in [1.165, 1.54) is 59.7 Å². The summed E-state index contributed by atoms with van der Waals surface area (Å²) in [6.07, 6.45) is 2.70. The van der Waals surface area contributed by atoms with Gasteiger partial charge in [0.15, 0.2) is 22.6 Å². The number of aromatic nitrogens is 4. The molecule has 2 aromatic heterocycles. The molecule has 9 fully saturated rings. The number of nitrogen functional groups attached to an aromatic ring is 2. The van der Waals surface area contributed by atoms with Gasteiger partial charge < -0.3 is 90.9 Å². The van der Waals surface area contributed by atoms with Crippen molar-refractivity contribution in [2.75, 3.05) is 119 Å². The van der Waals surface area contributed by atoms with E-state index < -0.39 is 132 Å². The van der Waals surface area contributed by atoms with Crippen molar-refractivity contribution >= 4 is 112 Å². The molecule has 0 bridgehead atoms. The number of likely N-dealkylation sites (tertiary alicyclic amines) is 8. The van der Waals surface area contributed by atoms with Crippen molar-refractivity contribution in [2.24, 2.45) is 5.73 Å². The molecule has 6 aromatic rings. The number of rotatable bonds is 13. The van der Waals surface area contributed by atoms with Crippen LogP contribution in [0.2, 0.25) is 15.2 Å². The second-order valence-electron chi connectivity index (χ2n) is 35.6. The normalized spacial score (nSPS) is 24.1. The molecule has 0 spiro atoms. The highest BCUT2D eigenvalue weighted by Crippen LogP contribution is 2.34. The minimum absolute atomic E-state index is 0.0000567. The Kier molecular flexibility index (Phi) is 38.4. The van der Waals surface area contributed by atoms with Crippen molar-refractivity contribution in [3.05, 3.63) is 159 Å². The molecule has 12 unspecified atom stereocenters. The molecule has 133 heavy (non-hydrogen) atoms. The summed E-state index contributed by atoms with van der Waals surface area (Å²) >= 11 is 17.0. The lowest BCUT2D eigenvalue weighted by molar-refractivity contribution is -0.140. The summed E-state index contributed by atoms with van der Waals surface area (Å²) in [5, 5.41) is 6.21. The van der Waals surface area contributed by atoms with Gasteiger partial charge in [-0.3, -0.25) is 19.2 Å². The largest absolute Gasteiger partial charge is 0.445 e. The van der Waals surface area contributed by atoms with E-state index in [1.54, 1.807) is 62.3 Å². The molecule has 9 aliphatic heterocycles. The molecule has 9 saturated heterocycles. The topological polar surface area (TPSA) is 356 Å². The number of carbonyl (C=O) groups is 8. The Morgan fingerprint density at radius 3 is 1.19 bits per heavy atom. The number of halogens is 12. The predicted molar refractivity (Wildman–Crippen MR) is 483 cm³/mol. The lowest BCUT2D eigenvalue weighted by Crippen LogP contribution is -2.61. The van der Waals surface area contributed by atoms with Crippen LogP contribution in [0.4, 0.5) is 87.5 Å². The Morgan fingerprint density at radius 2 is 0.797 bits per heavy atom. The third-order valence-electron chi connectivity index (χ3n) is 23.3. The lowest BCUT2D eigenvalue weighted by Gasteiger charge is -2.44. The Morgan fingerprint density at radius 1 is 0.429 bits per heavy atom. The van der Waals surface area contributed by atoms with Crippen molar-refractivity contribution in [1.82, 2.24) is 59.1 Å². The molecule has 8 amide bonds. The summed E-state index contributed by atoms with van der Waals surface area (Å²) in [5.74, 6) is -3.62. The van der Waals surface area contributed by atoms with Gasteiger partial charge in [-0.15, -0.1) is 0 Å². The van der Waals surface area contributed by atoms with E-state index in [0.29, 0.717) is 95.7 Å². The maximum atomic E-state index is 14.9. The number of anilines is 5. The number of nitrogens with zero attached hydrogens (tertiary/aromatic N) is 13. The van der Waals surface area contributed by atoms with Gasteiger partial charge in [0.2, 0.25) is 35.3 Å². The number of ether oxygens (including phenoxy) is 4. The highest BCUT2D eigenvalue weighted by atomic mass is 35.5. The molecule has 4 aromatic carbocycles. The van der Waals surface area contributed by atoms with Crippen LogP contribution in [0.5, 0.6) is 0 Å². The van der Waals surface area contributed by atoms with Gasteiger partial charge in [-0.25, -0.2) is 69.8 Å². The van der Waals surface area contributed by atoms with Gasteiger partial charge >= 0.3 is 24.4 Å². The van der Waals surface area contributed by atoms with Gasteiger partial charge in [-0.2, -0.15) is 8.78 Å². The fourth-order valence-electron chi connectivity index (χ4n) is 16.6. The van der Waals surface area contributed by atoms with Crippen LogP contribution < -0.4 is 32.7 Å². The van der Waals surface area contributed by atoms with Crippen molar-refractivity contribution < 1.29 is 96.8 Å². The highest BCUT2D eigenvalue weighted by molar-refractivity contribution is 6.31. The van der Waals surface area contributed by atoms with E-state index in [-0.39, 0.29) is 147 Å². The van der Waals surface area contributed by atoms with Gasteiger partial charge in [0.25, 0.3) is 0 Å². The first-order chi connectivity index (χ1) is 63.2. The zero-order valence-electron chi connectivity index (χ0n) is 75.2. The summed E-state index contributed by atoms with van der Waals surface area (Å²) in [6.45, 7) is 15.5. The Bertz CT molecular complexity index is 4820. The molecule has 15 rings (SSSR count). The summed E-state index contributed by atoms with van der Waals surface area (Å²) in [7, 11) is 0. The van der Waals surface area contributed by atoms with Gasteiger partial charge in [0.1, 0.15) is 91.6 Å². The smallest absolute Gasteiger partial charge is 0.410 e. The minimum atomic E-state index is -1.26. The Balaban J connectivity index is 0.000000170. The molecular formula is C91H118Cl3F9N18O12. The van der Waals surface area contributed by atoms with Crippen LogP contribution in [0.25, 0.3) is 0 Å². The molecule has 0 saturated carbocycles. The van der Waals surface area contributed by atoms with Crippen LogP contribution in [0, 0.1) is 23.3 Å². The molecule has 9 aliphatic rings. The second kappa shape index (κ2) is 48.9. The zero-order chi connectivity index (χ0) is 96.5. The first-order valence-electron chi connectivity index (χ1n) is 44.6. The standard InChI is InChI=1S/C21H28ClF2N3O3.C20H22ClF3N6O.C18H23FN2O3.C15H25FN2O3.C13H17FN2O2.C4H3ClFN3/c1-21(2,3)30-20(29)26-8-6-16(24)18(12-26)27-7-4-5-17(19(27)28)25-15-10-13(22)9-14(23)11-15;21-11-6-12(22)8-13(7-11)28-15-2-1-4-30(20(15)31)16-9-29(5-3-14(16)23)19-17(24)18(25)26-10-27-19;19-15-9-11-20(12-16(15)21-10-5-4-8-17(21)22)18(23)24-13-14-6-2-1-3-7-14;1-15(2,3)21-14(20)17-9-7-11(16)12(10-17)18-8-5-4-6-13(18)19;14-11-6-7-16(8-12(11)15)13(17)18-9-10-4-2-1-3-5-10;5-3-2(6)4(7)9-1-8-3/h9-11,16-18,25H,4-8,12H2,1-3H3;6-8,10,14-16,28H,1-5,9H2,(H2,25,26,27);1-3,6-7,15-16H,4-5,8-13H2;11-12H,4-10H2,1-3H3;1-5,11-12H,6-9,15H2;1H,(H2,7,8,9). The Labute approximate surface area is 782 Å². The molecule has 0 radical (unpaired) electrons. The van der Waals surface area contributed by atoms with Crippen molar-refractivity contribution in [3.8, 4) is 0 Å². The van der Waals surface area contributed by atoms with Crippen LogP contribution in [0.15, 0.2) is 110 Å². The summed E-state index contributed by atoms with van der Waals surface area (Å²) < 4.78 is 147. The van der Waals surface area contributed by atoms with E-state index in [1.807, 2.05) is 60.7 Å². The summed E-state index contributed by atoms with van der Waals surface area (Å²) in [5.41, 5.74) is 17.5. The number of alkyl halides is 5. The molecular weight excluding hydrogens is 1810 g/mol. The number of piperidine rings is 9. The van der Waals surface area contributed by atoms with Crippen molar-refractivity contribution in [1.29, 1.82) is 0 Å². The SMILES string of the molecule is CC(C)(C)OC(=O)N1CCC(F)C(N2CCCC(Nc3cc(F)cc(Cl)c3)C2=O)C1.CC(C)(C)OC(=O)N1CCC(F)C(N2CCCCC2=O)C1.NC1CN(C(=O)OCc2ccccc2)CCC1F.Nc1ncnc(Cl)c1F.Nc1ncnc(N2CCC(F)C(N3CCCC(Nc4cc(F)cc(Cl)c4)C3=O)C2)c1F.O=C(OCc1ccccc1)N1CCC(F)C(N2CCCCC2=O)C1. The van der Waals surface area contributed by atoms with Crippen molar-refractivity contribution in [3.63, 3.8) is 0 Å². The maximum Gasteiger partial charge on any atom is 0.410 e. The minimum Gasteiger partial charge on any atom is -0.445 e. The van der Waals surface area contributed by atoms with E-state index in [4.69, 9.17) is 71.0 Å². The van der Waals surface area contributed by atoms with E-state index >= 15 is 0 Å². The quantitative estimate of drug-likeness (QED) is 0.0407. The van der Waals surface area contributed by atoms with E-state index in [0.717, 1.165) is 49.5 Å². The number of nitrogens with two attached hydrogens (primary N) is 3. The monoisotopic (exact) mass is 1930 g/mol. The Hall–Kier alpha value is -10.8. The van der Waals surface area contributed by atoms with Crippen molar-refractivity contribution in [2.45, 2.75) is 235 Å². The summed E-state index contributed by atoms with van der Waals surface area (Å²) in [6, 6.07) is 22.4. The van der Waals surface area contributed by atoms with Crippen LogP contribution in [-0.4, -0.2) is 283 Å². The number of hydrogen-bond donors (Lipinski definition) is 5. The number of hydrogen-bond acceptors (Lipinski definition) is 22. The molecule has 11 heterocycles. The number of amides is 8. The summed E-state index contributed by atoms with van der Waals surface area (Å²) in [4.78, 5) is 127. The molecule has 8 N–H and O–H groups in total. The van der Waals surface area contributed by atoms with E-state index in [9.17, 15) is 77.9 Å². The van der Waals surface area contributed by atoms with Crippen LogP contribution in [-0.2, 0) is 51.3 Å². The molecule has 0 aliphatic carbocycles. The fraction of sp³-hybridized carbons (Fsp3) is 0.560. The average molecular weight is 1930 g/mol.